The normalized spacial score (nSPS) is 18.7. The van der Waals surface area contributed by atoms with Crippen LogP contribution in [0, 0.1) is 5.92 Å². The van der Waals surface area contributed by atoms with Crippen LogP contribution in [0.1, 0.15) is 47.0 Å². The maximum absolute atomic E-state index is 12.2. The minimum atomic E-state index is -0.539. The van der Waals surface area contributed by atoms with E-state index < -0.39 is 5.54 Å². The fourth-order valence-electron chi connectivity index (χ4n) is 2.33. The van der Waals surface area contributed by atoms with Gasteiger partial charge in [-0.3, -0.25) is 10.1 Å². The van der Waals surface area contributed by atoms with Crippen molar-refractivity contribution in [3.8, 4) is 0 Å². The Morgan fingerprint density at radius 1 is 1.47 bits per heavy atom. The highest BCUT2D eigenvalue weighted by Gasteiger charge is 2.39. The summed E-state index contributed by atoms with van der Waals surface area (Å²) < 4.78 is 5.23. The fraction of sp³-hybridized carbons (Fsp3) is 0.933. The Morgan fingerprint density at radius 2 is 2.11 bits per heavy atom. The van der Waals surface area contributed by atoms with E-state index in [1.165, 1.54) is 12.8 Å². The summed E-state index contributed by atoms with van der Waals surface area (Å²) in [5.74, 6) is 0.537. The Balaban J connectivity index is 2.50. The molecule has 1 unspecified atom stereocenters. The number of esters is 1. The molecule has 1 aliphatic carbocycles. The van der Waals surface area contributed by atoms with Gasteiger partial charge < -0.3 is 9.64 Å². The first-order valence-corrected chi connectivity index (χ1v) is 7.51. The van der Waals surface area contributed by atoms with Crippen molar-refractivity contribution < 1.29 is 9.53 Å². The summed E-state index contributed by atoms with van der Waals surface area (Å²) >= 11 is 0. The summed E-state index contributed by atoms with van der Waals surface area (Å²) in [6.45, 7) is 10.7. The molecular formula is C15H30N2O2. The van der Waals surface area contributed by atoms with E-state index in [1.807, 2.05) is 13.8 Å². The summed E-state index contributed by atoms with van der Waals surface area (Å²) in [7, 11) is 2.11. The topological polar surface area (TPSA) is 41.6 Å². The third-order valence-electron chi connectivity index (χ3n) is 3.50. The maximum atomic E-state index is 12.2. The molecule has 1 rings (SSSR count). The van der Waals surface area contributed by atoms with E-state index in [2.05, 4.69) is 31.1 Å². The Bertz CT molecular complexity index is 290. The minimum absolute atomic E-state index is 0.111. The predicted molar refractivity (Wildman–Crippen MR) is 78.1 cm³/mol. The Morgan fingerprint density at radius 3 is 2.58 bits per heavy atom. The van der Waals surface area contributed by atoms with Crippen LogP contribution in [0.3, 0.4) is 0 Å². The molecule has 4 nitrogen and oxygen atoms in total. The summed E-state index contributed by atoms with van der Waals surface area (Å²) in [5, 5.41) is 3.46. The van der Waals surface area contributed by atoms with E-state index in [0.717, 1.165) is 19.5 Å². The van der Waals surface area contributed by atoms with Crippen molar-refractivity contribution >= 4 is 5.97 Å². The number of rotatable bonds is 9. The third-order valence-corrected chi connectivity index (χ3v) is 3.50. The molecule has 4 heteroatoms. The quantitative estimate of drug-likeness (QED) is 0.651. The molecule has 0 spiro atoms. The number of hydrogen-bond donors (Lipinski definition) is 1. The van der Waals surface area contributed by atoms with Crippen LogP contribution >= 0.6 is 0 Å². The van der Waals surface area contributed by atoms with Crippen LogP contribution in [0.15, 0.2) is 0 Å². The van der Waals surface area contributed by atoms with Crippen LogP contribution < -0.4 is 5.32 Å². The molecule has 0 aromatic rings. The summed E-state index contributed by atoms with van der Waals surface area (Å²) in [4.78, 5) is 14.4. The maximum Gasteiger partial charge on any atom is 0.326 e. The zero-order valence-electron chi connectivity index (χ0n) is 13.2. The number of carbonyl (C=O) groups is 1. The molecule has 0 heterocycles. The van der Waals surface area contributed by atoms with E-state index in [0.29, 0.717) is 18.6 Å². The molecule has 1 fully saturated rings. The standard InChI is InChI=1S/C15H30N2O2/c1-6-19-14(18)15(4,16-13-7-8-13)9-10-17(5)11-12(2)3/h12-13,16H,6-11H2,1-5H3. The lowest BCUT2D eigenvalue weighted by Gasteiger charge is -2.31. The first-order chi connectivity index (χ1) is 8.87. The van der Waals surface area contributed by atoms with Crippen molar-refractivity contribution in [2.75, 3.05) is 26.7 Å². The van der Waals surface area contributed by atoms with Crippen molar-refractivity contribution in [3.05, 3.63) is 0 Å². The molecule has 0 radical (unpaired) electrons. The van der Waals surface area contributed by atoms with Crippen molar-refractivity contribution in [3.63, 3.8) is 0 Å². The number of hydrogen-bond acceptors (Lipinski definition) is 4. The Kier molecular flexibility index (Phi) is 6.27. The first-order valence-electron chi connectivity index (χ1n) is 7.51. The van der Waals surface area contributed by atoms with Gasteiger partial charge in [0, 0.05) is 19.1 Å². The van der Waals surface area contributed by atoms with Gasteiger partial charge in [0.15, 0.2) is 0 Å². The Labute approximate surface area is 117 Å². The van der Waals surface area contributed by atoms with Crippen LogP contribution in [0.5, 0.6) is 0 Å². The predicted octanol–water partition coefficient (Wildman–Crippen LogP) is 2.04. The SMILES string of the molecule is CCOC(=O)C(C)(CCN(C)CC(C)C)NC1CC1. The van der Waals surface area contributed by atoms with E-state index in [1.54, 1.807) is 0 Å². The van der Waals surface area contributed by atoms with Crippen molar-refractivity contribution in [2.24, 2.45) is 5.92 Å². The number of nitrogens with zero attached hydrogens (tertiary/aromatic N) is 1. The monoisotopic (exact) mass is 270 g/mol. The molecule has 0 aromatic carbocycles. The van der Waals surface area contributed by atoms with Gasteiger partial charge in [-0.2, -0.15) is 0 Å². The lowest BCUT2D eigenvalue weighted by atomic mass is 9.97. The van der Waals surface area contributed by atoms with Crippen LogP contribution in [0.2, 0.25) is 0 Å². The van der Waals surface area contributed by atoms with Crippen molar-refractivity contribution in [2.45, 2.75) is 58.5 Å². The van der Waals surface area contributed by atoms with Crippen LogP contribution in [-0.4, -0.2) is 49.2 Å². The zero-order chi connectivity index (χ0) is 14.5. The average molecular weight is 270 g/mol. The molecule has 0 aromatic heterocycles. The summed E-state index contributed by atoms with van der Waals surface area (Å²) in [5.41, 5.74) is -0.539. The lowest BCUT2D eigenvalue weighted by Crippen LogP contribution is -2.53. The van der Waals surface area contributed by atoms with Gasteiger partial charge in [0.25, 0.3) is 0 Å². The van der Waals surface area contributed by atoms with Crippen LogP contribution in [0.25, 0.3) is 0 Å². The van der Waals surface area contributed by atoms with E-state index in [4.69, 9.17) is 4.74 Å². The molecule has 19 heavy (non-hydrogen) atoms. The average Bonchev–Trinajstić information content (AvgIpc) is 3.10. The third kappa shape index (κ3) is 5.91. The van der Waals surface area contributed by atoms with Crippen molar-refractivity contribution in [1.82, 2.24) is 10.2 Å². The van der Waals surface area contributed by atoms with Gasteiger partial charge in [-0.25, -0.2) is 0 Å². The highest BCUT2D eigenvalue weighted by atomic mass is 16.5. The van der Waals surface area contributed by atoms with Gasteiger partial charge in [0.2, 0.25) is 0 Å². The second-order valence-corrected chi connectivity index (χ2v) is 6.38. The largest absolute Gasteiger partial charge is 0.465 e. The number of ether oxygens (including phenoxy) is 1. The summed E-state index contributed by atoms with van der Waals surface area (Å²) in [6, 6.07) is 0.504. The zero-order valence-corrected chi connectivity index (χ0v) is 13.2. The van der Waals surface area contributed by atoms with Gasteiger partial charge in [0.1, 0.15) is 5.54 Å². The van der Waals surface area contributed by atoms with E-state index in [9.17, 15) is 4.79 Å². The molecule has 0 amide bonds. The molecule has 1 N–H and O–H groups in total. The molecule has 1 aliphatic rings. The molecular weight excluding hydrogens is 240 g/mol. The number of nitrogens with one attached hydrogen (secondary N) is 1. The van der Waals surface area contributed by atoms with Gasteiger partial charge in [-0.15, -0.1) is 0 Å². The van der Waals surface area contributed by atoms with Gasteiger partial charge in [0.05, 0.1) is 6.61 Å². The minimum Gasteiger partial charge on any atom is -0.465 e. The highest BCUT2D eigenvalue weighted by molar-refractivity contribution is 5.80. The van der Waals surface area contributed by atoms with E-state index >= 15 is 0 Å². The first kappa shape index (κ1) is 16.4. The molecule has 0 aliphatic heterocycles. The fourth-order valence-corrected chi connectivity index (χ4v) is 2.33. The van der Waals surface area contributed by atoms with Crippen LogP contribution in [0.4, 0.5) is 0 Å². The molecule has 112 valence electrons. The number of carbonyl (C=O) groups excluding carboxylic acids is 1. The smallest absolute Gasteiger partial charge is 0.326 e. The van der Waals surface area contributed by atoms with Gasteiger partial charge in [-0.1, -0.05) is 13.8 Å². The van der Waals surface area contributed by atoms with Crippen molar-refractivity contribution in [1.29, 1.82) is 0 Å². The molecule has 1 saturated carbocycles. The van der Waals surface area contributed by atoms with Gasteiger partial charge >= 0.3 is 5.97 Å². The summed E-state index contributed by atoms with van der Waals surface area (Å²) in [6.07, 6.45) is 3.15. The highest BCUT2D eigenvalue weighted by Crippen LogP contribution is 2.25. The molecule has 1 atom stereocenters. The van der Waals surface area contributed by atoms with E-state index in [-0.39, 0.29) is 5.97 Å². The lowest BCUT2D eigenvalue weighted by molar-refractivity contribution is -0.151. The van der Waals surface area contributed by atoms with Gasteiger partial charge in [-0.05, 0) is 46.1 Å². The molecule has 0 bridgehead atoms. The Hall–Kier alpha value is -0.610. The molecule has 0 saturated heterocycles. The van der Waals surface area contributed by atoms with Crippen LogP contribution in [-0.2, 0) is 9.53 Å². The second-order valence-electron chi connectivity index (χ2n) is 6.38. The second kappa shape index (κ2) is 7.25.